The van der Waals surface area contributed by atoms with E-state index in [9.17, 15) is 14.4 Å². The summed E-state index contributed by atoms with van der Waals surface area (Å²) in [7, 11) is 2.47. The summed E-state index contributed by atoms with van der Waals surface area (Å²) in [5, 5.41) is 3.34. The van der Waals surface area contributed by atoms with Gasteiger partial charge >= 0.3 is 11.9 Å². The fourth-order valence-corrected chi connectivity index (χ4v) is 3.16. The molecule has 2 aromatic rings. The molecule has 0 spiro atoms. The van der Waals surface area contributed by atoms with Crippen molar-refractivity contribution in [2.45, 2.75) is 11.3 Å². The van der Waals surface area contributed by atoms with E-state index in [4.69, 9.17) is 11.6 Å². The number of benzene rings is 2. The Morgan fingerprint density at radius 1 is 0.963 bits per heavy atom. The summed E-state index contributed by atoms with van der Waals surface area (Å²) in [6.45, 7) is 0. The number of halogens is 1. The first-order valence-corrected chi connectivity index (χ1v) is 9.29. The Morgan fingerprint density at radius 3 is 2.04 bits per heavy atom. The largest absolute Gasteiger partial charge is 0.465 e. The molecule has 0 bridgehead atoms. The smallest absolute Gasteiger partial charge is 0.337 e. The summed E-state index contributed by atoms with van der Waals surface area (Å²) in [5.74, 6) is -0.910. The number of anilines is 1. The van der Waals surface area contributed by atoms with E-state index in [1.54, 1.807) is 12.1 Å². The monoisotopic (exact) mass is 407 g/mol. The highest BCUT2D eigenvalue weighted by Gasteiger charge is 2.15. The Morgan fingerprint density at radius 2 is 1.52 bits per heavy atom. The number of methoxy groups -OCH3 is 2. The maximum atomic E-state index is 12.2. The maximum Gasteiger partial charge on any atom is 0.337 e. The van der Waals surface area contributed by atoms with E-state index < -0.39 is 11.9 Å². The average molecular weight is 408 g/mol. The summed E-state index contributed by atoms with van der Waals surface area (Å²) < 4.78 is 9.34. The second-order valence-corrected chi connectivity index (χ2v) is 6.99. The fourth-order valence-electron chi connectivity index (χ4n) is 2.19. The molecule has 0 aliphatic rings. The number of hydrogen-bond acceptors (Lipinski definition) is 6. The molecule has 0 atom stereocenters. The lowest BCUT2D eigenvalue weighted by atomic mass is 10.1. The number of hydrogen-bond donors (Lipinski definition) is 1. The van der Waals surface area contributed by atoms with Gasteiger partial charge in [-0.25, -0.2) is 9.59 Å². The molecule has 6 nitrogen and oxygen atoms in total. The summed E-state index contributed by atoms with van der Waals surface area (Å²) in [6, 6.07) is 11.6. The minimum Gasteiger partial charge on any atom is -0.465 e. The topological polar surface area (TPSA) is 81.7 Å². The second-order valence-electron chi connectivity index (χ2n) is 5.38. The molecule has 1 amide bonds. The van der Waals surface area contributed by atoms with Gasteiger partial charge in [0, 0.05) is 27.8 Å². The first-order chi connectivity index (χ1) is 12.9. The van der Waals surface area contributed by atoms with Crippen molar-refractivity contribution in [2.75, 3.05) is 25.3 Å². The Balaban J connectivity index is 2.01. The number of thioether (sulfide) groups is 1. The lowest BCUT2D eigenvalue weighted by molar-refractivity contribution is -0.115. The fraction of sp³-hybridized carbons (Fsp3) is 0.211. The van der Waals surface area contributed by atoms with Crippen molar-refractivity contribution in [3.8, 4) is 0 Å². The van der Waals surface area contributed by atoms with Gasteiger partial charge in [0.2, 0.25) is 5.91 Å². The summed E-state index contributed by atoms with van der Waals surface area (Å²) in [5.41, 5.74) is 0.609. The van der Waals surface area contributed by atoms with E-state index in [-0.39, 0.29) is 23.5 Å². The van der Waals surface area contributed by atoms with Crippen molar-refractivity contribution in [3.63, 3.8) is 0 Å². The highest BCUT2D eigenvalue weighted by Crippen LogP contribution is 2.22. The zero-order chi connectivity index (χ0) is 19.8. The molecule has 2 rings (SSSR count). The van der Waals surface area contributed by atoms with Gasteiger partial charge in [-0.05, 0) is 42.5 Å². The lowest BCUT2D eigenvalue weighted by Crippen LogP contribution is -2.14. The van der Waals surface area contributed by atoms with Crippen LogP contribution >= 0.6 is 23.4 Å². The zero-order valence-corrected chi connectivity index (χ0v) is 16.4. The minimum atomic E-state index is -0.616. The van der Waals surface area contributed by atoms with Crippen LogP contribution in [-0.2, 0) is 14.3 Å². The van der Waals surface area contributed by atoms with E-state index in [0.29, 0.717) is 16.5 Å². The van der Waals surface area contributed by atoms with Gasteiger partial charge in [-0.1, -0.05) is 11.6 Å². The molecule has 2 aromatic carbocycles. The van der Waals surface area contributed by atoms with Gasteiger partial charge in [0.15, 0.2) is 0 Å². The van der Waals surface area contributed by atoms with Crippen LogP contribution in [0.1, 0.15) is 27.1 Å². The molecule has 0 saturated heterocycles. The predicted molar refractivity (Wildman–Crippen MR) is 105 cm³/mol. The van der Waals surface area contributed by atoms with E-state index in [1.807, 2.05) is 12.1 Å². The molecule has 1 N–H and O–H groups in total. The Hall–Kier alpha value is -2.51. The highest BCUT2D eigenvalue weighted by molar-refractivity contribution is 7.99. The van der Waals surface area contributed by atoms with Crippen molar-refractivity contribution in [1.82, 2.24) is 0 Å². The standard InChI is InChI=1S/C19H18ClNO5S/c1-25-18(23)12-9-13(19(24)26-2)11-15(10-12)21-17(22)7-8-27-16-5-3-14(20)4-6-16/h3-6,9-11H,7-8H2,1-2H3,(H,21,22). The number of esters is 2. The maximum absolute atomic E-state index is 12.2. The Labute approximate surface area is 166 Å². The van der Waals surface area contributed by atoms with Crippen molar-refractivity contribution >= 4 is 46.9 Å². The van der Waals surface area contributed by atoms with Crippen LogP contribution in [0.5, 0.6) is 0 Å². The predicted octanol–water partition coefficient (Wildman–Crippen LogP) is 4.03. The van der Waals surface area contributed by atoms with Crippen molar-refractivity contribution in [2.24, 2.45) is 0 Å². The molecule has 0 aliphatic carbocycles. The van der Waals surface area contributed by atoms with Crippen LogP contribution < -0.4 is 5.32 Å². The minimum absolute atomic E-state index is 0.145. The molecule has 0 radical (unpaired) electrons. The van der Waals surface area contributed by atoms with Crippen molar-refractivity contribution < 1.29 is 23.9 Å². The van der Waals surface area contributed by atoms with Gasteiger partial charge < -0.3 is 14.8 Å². The van der Waals surface area contributed by atoms with Crippen LogP contribution in [0.3, 0.4) is 0 Å². The first kappa shape index (κ1) is 20.8. The number of amides is 1. The molecule has 0 unspecified atom stereocenters. The van der Waals surface area contributed by atoms with E-state index in [2.05, 4.69) is 14.8 Å². The number of nitrogens with one attached hydrogen (secondary N) is 1. The highest BCUT2D eigenvalue weighted by atomic mass is 35.5. The van der Waals surface area contributed by atoms with Crippen molar-refractivity contribution in [1.29, 1.82) is 0 Å². The third-order valence-electron chi connectivity index (χ3n) is 3.47. The van der Waals surface area contributed by atoms with E-state index in [0.717, 1.165) is 4.90 Å². The second kappa shape index (κ2) is 9.99. The third-order valence-corrected chi connectivity index (χ3v) is 4.74. The Kier molecular flexibility index (Phi) is 7.69. The van der Waals surface area contributed by atoms with Gasteiger partial charge in [-0.3, -0.25) is 4.79 Å². The van der Waals surface area contributed by atoms with Gasteiger partial charge in [0.25, 0.3) is 0 Å². The number of carbonyl (C=O) groups excluding carboxylic acids is 3. The molecule has 0 aliphatic heterocycles. The van der Waals surface area contributed by atoms with Crippen LogP contribution in [0, 0.1) is 0 Å². The van der Waals surface area contributed by atoms with Crippen LogP contribution in [0.2, 0.25) is 5.02 Å². The van der Waals surface area contributed by atoms with E-state index >= 15 is 0 Å². The summed E-state index contributed by atoms with van der Waals surface area (Å²) in [6.07, 6.45) is 0.253. The normalized spacial score (nSPS) is 10.2. The van der Waals surface area contributed by atoms with Crippen LogP contribution in [0.4, 0.5) is 5.69 Å². The summed E-state index contributed by atoms with van der Waals surface area (Å²) in [4.78, 5) is 36.7. The van der Waals surface area contributed by atoms with Gasteiger partial charge in [0.05, 0.1) is 25.3 Å². The third kappa shape index (κ3) is 6.30. The van der Waals surface area contributed by atoms with Crippen LogP contribution in [0.15, 0.2) is 47.4 Å². The number of ether oxygens (including phenoxy) is 2. The van der Waals surface area contributed by atoms with Gasteiger partial charge in [0.1, 0.15) is 0 Å². The first-order valence-electron chi connectivity index (χ1n) is 7.93. The van der Waals surface area contributed by atoms with Crippen LogP contribution in [0.25, 0.3) is 0 Å². The molecule has 0 saturated carbocycles. The van der Waals surface area contributed by atoms with Crippen molar-refractivity contribution in [3.05, 3.63) is 58.6 Å². The molecule has 8 heteroatoms. The lowest BCUT2D eigenvalue weighted by Gasteiger charge is -2.09. The molecule has 0 fully saturated rings. The molecule has 0 heterocycles. The summed E-state index contributed by atoms with van der Waals surface area (Å²) >= 11 is 7.36. The quantitative estimate of drug-likeness (QED) is 0.551. The molecule has 27 heavy (non-hydrogen) atoms. The molecule has 0 aromatic heterocycles. The zero-order valence-electron chi connectivity index (χ0n) is 14.8. The molecular weight excluding hydrogens is 390 g/mol. The SMILES string of the molecule is COC(=O)c1cc(NC(=O)CCSc2ccc(Cl)cc2)cc(C(=O)OC)c1. The molecule has 142 valence electrons. The average Bonchev–Trinajstić information content (AvgIpc) is 2.67. The van der Waals surface area contributed by atoms with Crippen LogP contribution in [-0.4, -0.2) is 37.8 Å². The van der Waals surface area contributed by atoms with E-state index in [1.165, 1.54) is 44.2 Å². The van der Waals surface area contributed by atoms with Gasteiger partial charge in [-0.15, -0.1) is 11.8 Å². The number of rotatable bonds is 7. The Bertz CT molecular complexity index is 804. The molecular formula is C19H18ClNO5S. The van der Waals surface area contributed by atoms with Gasteiger partial charge in [-0.2, -0.15) is 0 Å². The number of carbonyl (C=O) groups is 3.